The van der Waals surface area contributed by atoms with Gasteiger partial charge in [-0.3, -0.25) is 5.32 Å². The number of rotatable bonds is 3. The van der Waals surface area contributed by atoms with Crippen LogP contribution in [0, 0.1) is 12.7 Å². The number of carbonyl (C=O) groups is 1. The first kappa shape index (κ1) is 12.5. The number of aryl methyl sites for hydroxylation is 1. The zero-order chi connectivity index (χ0) is 13.0. The Kier molecular flexibility index (Phi) is 3.88. The predicted molar refractivity (Wildman–Crippen MR) is 69.1 cm³/mol. The number of benzene rings is 1. The summed E-state index contributed by atoms with van der Waals surface area (Å²) >= 11 is 1.38. The summed E-state index contributed by atoms with van der Waals surface area (Å²) in [6.07, 6.45) is 1.68. The lowest BCUT2D eigenvalue weighted by Crippen LogP contribution is -2.28. The van der Waals surface area contributed by atoms with Crippen molar-refractivity contribution in [2.45, 2.75) is 13.5 Å². The van der Waals surface area contributed by atoms with E-state index in [0.29, 0.717) is 10.7 Å². The monoisotopic (exact) mass is 265 g/mol. The molecule has 94 valence electrons. The standard InChI is InChI=1S/C12H12FN3OS/c1-8-6-15-12(18-8)16-11(17)14-7-9-4-2-3-5-10(9)13/h2-6H,7H2,1H3,(H2,14,15,16,17). The van der Waals surface area contributed by atoms with Gasteiger partial charge in [-0.25, -0.2) is 14.2 Å². The zero-order valence-corrected chi connectivity index (χ0v) is 10.6. The zero-order valence-electron chi connectivity index (χ0n) is 9.74. The van der Waals surface area contributed by atoms with Crippen LogP contribution in [-0.4, -0.2) is 11.0 Å². The molecule has 1 heterocycles. The van der Waals surface area contributed by atoms with Crippen LogP contribution in [0.1, 0.15) is 10.4 Å². The number of hydrogen-bond donors (Lipinski definition) is 2. The highest BCUT2D eigenvalue weighted by molar-refractivity contribution is 7.15. The maximum absolute atomic E-state index is 13.3. The van der Waals surface area contributed by atoms with Gasteiger partial charge in [-0.2, -0.15) is 0 Å². The first-order valence-electron chi connectivity index (χ1n) is 5.36. The summed E-state index contributed by atoms with van der Waals surface area (Å²) in [5, 5.41) is 5.69. The molecule has 2 N–H and O–H groups in total. The number of hydrogen-bond acceptors (Lipinski definition) is 3. The molecule has 6 heteroatoms. The number of thiazole rings is 1. The Morgan fingerprint density at radius 1 is 1.44 bits per heavy atom. The number of amides is 2. The fourth-order valence-electron chi connectivity index (χ4n) is 1.37. The van der Waals surface area contributed by atoms with E-state index in [1.807, 2.05) is 6.92 Å². The van der Waals surface area contributed by atoms with Crippen molar-refractivity contribution in [3.05, 3.63) is 46.7 Å². The van der Waals surface area contributed by atoms with Crippen molar-refractivity contribution in [3.8, 4) is 0 Å². The number of urea groups is 1. The second-order valence-corrected chi connectivity index (χ2v) is 4.91. The summed E-state index contributed by atoms with van der Waals surface area (Å²) in [6.45, 7) is 2.04. The molecular formula is C12H12FN3OS. The van der Waals surface area contributed by atoms with E-state index in [1.54, 1.807) is 24.4 Å². The number of nitrogens with zero attached hydrogens (tertiary/aromatic N) is 1. The van der Waals surface area contributed by atoms with Gasteiger partial charge in [0.1, 0.15) is 5.82 Å². The topological polar surface area (TPSA) is 54.0 Å². The van der Waals surface area contributed by atoms with Gasteiger partial charge in [-0.15, -0.1) is 11.3 Å². The summed E-state index contributed by atoms with van der Waals surface area (Å²) in [5.74, 6) is -0.331. The molecule has 2 aromatic rings. The molecule has 0 fully saturated rings. The van der Waals surface area contributed by atoms with Gasteiger partial charge in [0.25, 0.3) is 0 Å². The van der Waals surface area contributed by atoms with E-state index in [0.717, 1.165) is 4.88 Å². The molecule has 1 aromatic heterocycles. The highest BCUT2D eigenvalue weighted by atomic mass is 32.1. The highest BCUT2D eigenvalue weighted by Gasteiger charge is 2.06. The maximum atomic E-state index is 13.3. The smallest absolute Gasteiger partial charge is 0.321 e. The predicted octanol–water partition coefficient (Wildman–Crippen LogP) is 2.91. The lowest BCUT2D eigenvalue weighted by atomic mass is 10.2. The van der Waals surface area contributed by atoms with E-state index in [4.69, 9.17) is 0 Å². The van der Waals surface area contributed by atoms with Crippen molar-refractivity contribution in [2.75, 3.05) is 5.32 Å². The molecule has 4 nitrogen and oxygen atoms in total. The molecule has 0 aliphatic carbocycles. The Bertz CT molecular complexity index is 556. The largest absolute Gasteiger partial charge is 0.334 e. The van der Waals surface area contributed by atoms with Crippen molar-refractivity contribution in [3.63, 3.8) is 0 Å². The van der Waals surface area contributed by atoms with Crippen molar-refractivity contribution < 1.29 is 9.18 Å². The fourth-order valence-corrected chi connectivity index (χ4v) is 2.03. The lowest BCUT2D eigenvalue weighted by Gasteiger charge is -2.06. The molecule has 0 saturated carbocycles. The molecule has 0 bridgehead atoms. The number of halogens is 1. The van der Waals surface area contributed by atoms with Gasteiger partial charge in [0.05, 0.1) is 0 Å². The fraction of sp³-hybridized carbons (Fsp3) is 0.167. The molecule has 0 spiro atoms. The number of aromatic nitrogens is 1. The van der Waals surface area contributed by atoms with E-state index in [9.17, 15) is 9.18 Å². The van der Waals surface area contributed by atoms with Crippen LogP contribution in [0.2, 0.25) is 0 Å². The normalized spacial score (nSPS) is 10.1. The average molecular weight is 265 g/mol. The van der Waals surface area contributed by atoms with Gasteiger partial charge < -0.3 is 5.32 Å². The van der Waals surface area contributed by atoms with Crippen molar-refractivity contribution in [1.29, 1.82) is 0 Å². The second kappa shape index (κ2) is 5.59. The van der Waals surface area contributed by atoms with Crippen LogP contribution in [0.3, 0.4) is 0 Å². The third kappa shape index (κ3) is 3.27. The van der Waals surface area contributed by atoms with E-state index >= 15 is 0 Å². The second-order valence-electron chi connectivity index (χ2n) is 3.68. The van der Waals surface area contributed by atoms with E-state index in [-0.39, 0.29) is 12.4 Å². The van der Waals surface area contributed by atoms with Crippen molar-refractivity contribution >= 4 is 22.5 Å². The summed E-state index contributed by atoms with van der Waals surface area (Å²) in [6, 6.07) is 5.93. The molecule has 1 aromatic carbocycles. The number of carbonyl (C=O) groups excluding carboxylic acids is 1. The van der Waals surface area contributed by atoms with Crippen LogP contribution >= 0.6 is 11.3 Å². The Balaban J connectivity index is 1.87. The average Bonchev–Trinajstić information content (AvgIpc) is 2.74. The molecule has 2 rings (SSSR count). The van der Waals surface area contributed by atoms with Gasteiger partial charge in [0, 0.05) is 23.2 Å². The Morgan fingerprint density at radius 3 is 2.89 bits per heavy atom. The van der Waals surface area contributed by atoms with E-state index in [2.05, 4.69) is 15.6 Å². The third-order valence-electron chi connectivity index (χ3n) is 2.24. The number of nitrogens with one attached hydrogen (secondary N) is 2. The lowest BCUT2D eigenvalue weighted by molar-refractivity contribution is 0.251. The quantitative estimate of drug-likeness (QED) is 0.896. The molecule has 0 unspecified atom stereocenters. The molecule has 0 aliphatic rings. The Labute approximate surface area is 108 Å². The highest BCUT2D eigenvalue weighted by Crippen LogP contribution is 2.16. The first-order valence-corrected chi connectivity index (χ1v) is 6.17. The Hall–Kier alpha value is -1.95. The van der Waals surface area contributed by atoms with Crippen LogP contribution in [0.5, 0.6) is 0 Å². The summed E-state index contributed by atoms with van der Waals surface area (Å²) in [4.78, 5) is 16.5. The van der Waals surface area contributed by atoms with Gasteiger partial charge in [0.2, 0.25) is 0 Å². The summed E-state index contributed by atoms with van der Waals surface area (Å²) < 4.78 is 13.3. The van der Waals surface area contributed by atoms with Crippen molar-refractivity contribution in [2.24, 2.45) is 0 Å². The molecule has 18 heavy (non-hydrogen) atoms. The molecule has 0 saturated heterocycles. The van der Waals surface area contributed by atoms with Crippen molar-refractivity contribution in [1.82, 2.24) is 10.3 Å². The molecule has 2 amide bonds. The summed E-state index contributed by atoms with van der Waals surface area (Å²) in [5.41, 5.74) is 0.447. The number of anilines is 1. The minimum Gasteiger partial charge on any atom is -0.334 e. The third-order valence-corrected chi connectivity index (χ3v) is 3.07. The van der Waals surface area contributed by atoms with E-state index in [1.165, 1.54) is 17.4 Å². The molecule has 0 radical (unpaired) electrons. The first-order chi connectivity index (χ1) is 8.65. The SMILES string of the molecule is Cc1cnc(NC(=O)NCc2ccccc2F)s1. The molecule has 0 aliphatic heterocycles. The minimum atomic E-state index is -0.396. The maximum Gasteiger partial charge on any atom is 0.321 e. The van der Waals surface area contributed by atoms with Crippen LogP contribution in [-0.2, 0) is 6.54 Å². The van der Waals surface area contributed by atoms with Crippen LogP contribution in [0.15, 0.2) is 30.5 Å². The van der Waals surface area contributed by atoms with Crippen LogP contribution < -0.4 is 10.6 Å². The van der Waals surface area contributed by atoms with E-state index < -0.39 is 6.03 Å². The summed E-state index contributed by atoms with van der Waals surface area (Å²) in [7, 11) is 0. The van der Waals surface area contributed by atoms with Gasteiger partial charge in [0.15, 0.2) is 5.13 Å². The van der Waals surface area contributed by atoms with Gasteiger partial charge >= 0.3 is 6.03 Å². The van der Waals surface area contributed by atoms with Crippen LogP contribution in [0.4, 0.5) is 14.3 Å². The Morgan fingerprint density at radius 2 is 2.22 bits per heavy atom. The van der Waals surface area contributed by atoms with Crippen LogP contribution in [0.25, 0.3) is 0 Å². The minimum absolute atomic E-state index is 0.142. The van der Waals surface area contributed by atoms with Gasteiger partial charge in [-0.05, 0) is 13.0 Å². The molecular weight excluding hydrogens is 253 g/mol. The molecule has 0 atom stereocenters. The van der Waals surface area contributed by atoms with Gasteiger partial charge in [-0.1, -0.05) is 18.2 Å².